The molecule has 0 aliphatic rings. The van der Waals surface area contributed by atoms with Crippen molar-refractivity contribution >= 4 is 17.8 Å². The van der Waals surface area contributed by atoms with Crippen LogP contribution in [0.3, 0.4) is 0 Å². The molecule has 3 N–H and O–H groups in total. The summed E-state index contributed by atoms with van der Waals surface area (Å²) >= 11 is 1.83. The first-order valence-electron chi connectivity index (χ1n) is 6.79. The Morgan fingerprint density at radius 2 is 1.65 bits per heavy atom. The third-order valence-corrected chi connectivity index (χ3v) is 3.59. The SMILES string of the molecule is CC.O[NH2+]/C=C/c1ccc(CSc2ccccc2)cc1. The van der Waals surface area contributed by atoms with Crippen molar-refractivity contribution in [1.29, 1.82) is 0 Å². The van der Waals surface area contributed by atoms with Crippen molar-refractivity contribution in [3.63, 3.8) is 0 Å². The number of nitrogens with two attached hydrogens (primary N) is 1. The molecule has 0 aliphatic carbocycles. The average molecular weight is 288 g/mol. The van der Waals surface area contributed by atoms with Crippen LogP contribution in [0.5, 0.6) is 0 Å². The van der Waals surface area contributed by atoms with E-state index in [-0.39, 0.29) is 0 Å². The Labute approximate surface area is 125 Å². The molecule has 0 heterocycles. The smallest absolute Gasteiger partial charge is 0.125 e. The van der Waals surface area contributed by atoms with Crippen LogP contribution in [0.4, 0.5) is 0 Å². The summed E-state index contributed by atoms with van der Waals surface area (Å²) in [5.74, 6) is 0.972. The Balaban J connectivity index is 0.000000956. The van der Waals surface area contributed by atoms with Crippen molar-refractivity contribution in [3.05, 3.63) is 71.9 Å². The third kappa shape index (κ3) is 6.06. The van der Waals surface area contributed by atoms with Gasteiger partial charge in [-0.05, 0) is 23.3 Å². The number of rotatable bonds is 5. The lowest BCUT2D eigenvalue weighted by Crippen LogP contribution is -2.73. The van der Waals surface area contributed by atoms with Gasteiger partial charge < -0.3 is 0 Å². The lowest BCUT2D eigenvalue weighted by atomic mass is 10.1. The first-order chi connectivity index (χ1) is 9.88. The second kappa shape index (κ2) is 10.3. The summed E-state index contributed by atoms with van der Waals surface area (Å²) < 4.78 is 0. The molecule has 0 saturated carbocycles. The van der Waals surface area contributed by atoms with E-state index in [9.17, 15) is 0 Å². The monoisotopic (exact) mass is 288 g/mol. The van der Waals surface area contributed by atoms with Crippen LogP contribution >= 0.6 is 11.8 Å². The maximum absolute atomic E-state index is 8.58. The van der Waals surface area contributed by atoms with Gasteiger partial charge in [0.25, 0.3) is 0 Å². The number of thioether (sulfide) groups is 1. The summed E-state index contributed by atoms with van der Waals surface area (Å²) in [5, 5.41) is 8.58. The summed E-state index contributed by atoms with van der Waals surface area (Å²) in [6.07, 6.45) is 3.49. The van der Waals surface area contributed by atoms with Gasteiger partial charge >= 0.3 is 0 Å². The minimum Gasteiger partial charge on any atom is -0.216 e. The summed E-state index contributed by atoms with van der Waals surface area (Å²) in [6, 6.07) is 18.7. The minimum atomic E-state index is 0.972. The zero-order valence-corrected chi connectivity index (χ0v) is 12.8. The largest absolute Gasteiger partial charge is 0.216 e. The van der Waals surface area contributed by atoms with Gasteiger partial charge in [0, 0.05) is 16.7 Å². The van der Waals surface area contributed by atoms with Crippen molar-refractivity contribution in [2.24, 2.45) is 0 Å². The number of hydroxylamine groups is 1. The standard InChI is InChI=1S/C15H15NOS.C2H6/c17-16-11-10-13-6-8-14(9-7-13)12-18-15-4-2-1-3-5-15;1-2/h1-11,16-17H,12H2;1-2H3/p+1/b11-10+;. The quantitative estimate of drug-likeness (QED) is 0.646. The molecule has 106 valence electrons. The normalized spacial score (nSPS) is 10.2. The third-order valence-electron chi connectivity index (χ3n) is 2.50. The fourth-order valence-electron chi connectivity index (χ4n) is 1.56. The van der Waals surface area contributed by atoms with Gasteiger partial charge in [0.15, 0.2) is 0 Å². The van der Waals surface area contributed by atoms with Crippen LogP contribution in [0.25, 0.3) is 6.08 Å². The zero-order valence-electron chi connectivity index (χ0n) is 12.0. The van der Waals surface area contributed by atoms with Gasteiger partial charge in [0.05, 0.1) is 0 Å². The van der Waals surface area contributed by atoms with Crippen molar-refractivity contribution in [2.75, 3.05) is 0 Å². The zero-order chi connectivity index (χ0) is 14.6. The van der Waals surface area contributed by atoms with Crippen molar-refractivity contribution < 1.29 is 10.7 Å². The van der Waals surface area contributed by atoms with E-state index >= 15 is 0 Å². The highest BCUT2D eigenvalue weighted by molar-refractivity contribution is 7.98. The van der Waals surface area contributed by atoms with Crippen LogP contribution in [0, 0.1) is 0 Å². The molecule has 2 nitrogen and oxygen atoms in total. The van der Waals surface area contributed by atoms with E-state index in [4.69, 9.17) is 5.21 Å². The first-order valence-corrected chi connectivity index (χ1v) is 7.78. The molecule has 0 saturated heterocycles. The summed E-state index contributed by atoms with van der Waals surface area (Å²) in [7, 11) is 0. The summed E-state index contributed by atoms with van der Waals surface area (Å²) in [4.78, 5) is 1.29. The summed E-state index contributed by atoms with van der Waals surface area (Å²) in [6.45, 7) is 4.00. The molecule has 0 aromatic heterocycles. The molecule has 2 aromatic rings. The molecule has 0 fully saturated rings. The second-order valence-corrected chi connectivity index (χ2v) is 4.90. The fourth-order valence-corrected chi connectivity index (χ4v) is 2.44. The van der Waals surface area contributed by atoms with Gasteiger partial charge in [-0.1, -0.05) is 56.3 Å². The molecule has 0 bridgehead atoms. The van der Waals surface area contributed by atoms with Gasteiger partial charge in [-0.15, -0.1) is 11.8 Å². The minimum absolute atomic E-state index is 0.972. The van der Waals surface area contributed by atoms with Gasteiger partial charge in [-0.3, -0.25) is 0 Å². The lowest BCUT2D eigenvalue weighted by molar-refractivity contribution is -0.837. The van der Waals surface area contributed by atoms with Gasteiger partial charge in [-0.25, -0.2) is 5.21 Å². The van der Waals surface area contributed by atoms with Crippen LogP contribution < -0.4 is 5.48 Å². The second-order valence-electron chi connectivity index (χ2n) is 3.85. The molecule has 20 heavy (non-hydrogen) atoms. The molecule has 2 aromatic carbocycles. The maximum Gasteiger partial charge on any atom is 0.125 e. The fraction of sp³-hybridized carbons (Fsp3) is 0.176. The van der Waals surface area contributed by atoms with Crippen LogP contribution in [-0.4, -0.2) is 5.21 Å². The molecule has 0 radical (unpaired) electrons. The van der Waals surface area contributed by atoms with Crippen LogP contribution in [-0.2, 0) is 5.75 Å². The van der Waals surface area contributed by atoms with Crippen molar-refractivity contribution in [3.8, 4) is 0 Å². The highest BCUT2D eigenvalue weighted by atomic mass is 32.2. The van der Waals surface area contributed by atoms with Gasteiger partial charge in [-0.2, -0.15) is 5.48 Å². The molecule has 0 atom stereocenters. The van der Waals surface area contributed by atoms with Crippen molar-refractivity contribution in [1.82, 2.24) is 0 Å². The molecule has 0 spiro atoms. The maximum atomic E-state index is 8.58. The van der Waals surface area contributed by atoms with Crippen LogP contribution in [0.15, 0.2) is 65.7 Å². The Kier molecular flexibility index (Phi) is 8.47. The molecule has 0 amide bonds. The Morgan fingerprint density at radius 1 is 1.00 bits per heavy atom. The molecular weight excluding hydrogens is 266 g/mol. The van der Waals surface area contributed by atoms with Gasteiger partial charge in [0.1, 0.15) is 6.20 Å². The predicted molar refractivity (Wildman–Crippen MR) is 86.5 cm³/mol. The van der Waals surface area contributed by atoms with E-state index in [2.05, 4.69) is 48.5 Å². The van der Waals surface area contributed by atoms with Crippen LogP contribution in [0.2, 0.25) is 0 Å². The highest BCUT2D eigenvalue weighted by Crippen LogP contribution is 2.22. The molecule has 0 aliphatic heterocycles. The molecule has 0 unspecified atom stereocenters. The molecule has 3 heteroatoms. The topological polar surface area (TPSA) is 36.8 Å². The molecule has 2 rings (SSSR count). The highest BCUT2D eigenvalue weighted by Gasteiger charge is 1.96. The van der Waals surface area contributed by atoms with Crippen molar-refractivity contribution in [2.45, 2.75) is 24.5 Å². The van der Waals surface area contributed by atoms with Gasteiger partial charge in [0.2, 0.25) is 0 Å². The number of hydrogen-bond acceptors (Lipinski definition) is 2. The average Bonchev–Trinajstić information content (AvgIpc) is 2.55. The predicted octanol–water partition coefficient (Wildman–Crippen LogP) is 3.93. The van der Waals surface area contributed by atoms with E-state index in [1.807, 2.05) is 37.8 Å². The Morgan fingerprint density at radius 3 is 2.25 bits per heavy atom. The number of hydrogen-bond donors (Lipinski definition) is 2. The lowest BCUT2D eigenvalue weighted by Gasteiger charge is -2.02. The van der Waals surface area contributed by atoms with E-state index in [0.717, 1.165) is 16.8 Å². The Hall–Kier alpha value is -1.55. The van der Waals surface area contributed by atoms with E-state index in [1.54, 1.807) is 6.20 Å². The summed E-state index contributed by atoms with van der Waals surface area (Å²) in [5.41, 5.74) is 3.43. The first kappa shape index (κ1) is 16.5. The van der Waals surface area contributed by atoms with E-state index in [1.165, 1.54) is 10.5 Å². The molecular formula is C17H22NOS+. The number of benzene rings is 2. The van der Waals surface area contributed by atoms with E-state index < -0.39 is 0 Å². The van der Waals surface area contributed by atoms with Crippen LogP contribution in [0.1, 0.15) is 25.0 Å². The Bertz CT molecular complexity index is 494. The van der Waals surface area contributed by atoms with E-state index in [0.29, 0.717) is 0 Å². The number of quaternary nitrogens is 1.